The second-order valence-electron chi connectivity index (χ2n) is 17.8. The van der Waals surface area contributed by atoms with Crippen molar-refractivity contribution < 1.29 is 43.3 Å². The second-order valence-corrected chi connectivity index (χ2v) is 18.2. The summed E-state index contributed by atoms with van der Waals surface area (Å²) in [7, 11) is 0. The molecule has 0 radical (unpaired) electrons. The van der Waals surface area contributed by atoms with Crippen LogP contribution >= 0.6 is 11.6 Å². The molecular weight excluding hydrogens is 848 g/mol. The molecule has 1 atom stereocenters. The van der Waals surface area contributed by atoms with Gasteiger partial charge in [-0.15, -0.1) is 5.10 Å². The standard InChI is InChI=1S/C44H51ClN10O9/c1-42(2,3)63-39(60)35-23-27-22-30(14-16-31(27)55(35)41(62)64-43(4,5)6)47-36(57)34(21-26-9-12-29(13-10-26)48-40(61)49-44(7,8)17-20-56)53-19-18-52(37(58)38(53)59)33-24-28(45)11-15-32(33)54-25-46-50-51-54/h9-16,22-25,34,56H,17-21H2,1-8H3,(H,47,57)(H2,48,49,61)/t34-/m0/s1. The van der Waals surface area contributed by atoms with Crippen molar-refractivity contribution in [1.29, 1.82) is 0 Å². The average molecular weight is 899 g/mol. The van der Waals surface area contributed by atoms with Gasteiger partial charge >= 0.3 is 29.9 Å². The third kappa shape index (κ3) is 11.2. The lowest BCUT2D eigenvalue weighted by molar-refractivity contribution is -0.149. The van der Waals surface area contributed by atoms with Gasteiger partial charge in [-0.2, -0.15) is 4.68 Å². The number of hydrogen-bond donors (Lipinski definition) is 4. The van der Waals surface area contributed by atoms with Crippen molar-refractivity contribution in [3.8, 4) is 5.69 Å². The van der Waals surface area contributed by atoms with E-state index in [1.165, 1.54) is 39.0 Å². The number of hydrogen-bond acceptors (Lipinski definition) is 12. The number of piperazine rings is 1. The lowest BCUT2D eigenvalue weighted by Crippen LogP contribution is -2.60. The van der Waals surface area contributed by atoms with Crippen molar-refractivity contribution in [2.24, 2.45) is 0 Å². The van der Waals surface area contributed by atoms with Gasteiger partial charge in [0.15, 0.2) is 0 Å². The SMILES string of the molecule is CC(C)(CCO)NC(=O)Nc1ccc(C[C@@H](C(=O)Nc2ccc3c(c2)cc(C(=O)OC(C)(C)C)n3C(=O)OC(C)(C)C)N2CCN(c3cc(Cl)ccc3-n3cnnn3)C(=O)C2=O)cc1. The highest BCUT2D eigenvalue weighted by Crippen LogP contribution is 2.31. The first kappa shape index (κ1) is 46.6. The molecule has 19 nitrogen and oxygen atoms in total. The summed E-state index contributed by atoms with van der Waals surface area (Å²) >= 11 is 6.35. The molecule has 0 unspecified atom stereocenters. The summed E-state index contributed by atoms with van der Waals surface area (Å²) in [6.45, 7) is 13.6. The smallest absolute Gasteiger partial charge is 0.419 e. The molecule has 0 saturated carbocycles. The fourth-order valence-corrected chi connectivity index (χ4v) is 7.13. The van der Waals surface area contributed by atoms with E-state index in [9.17, 15) is 33.9 Å². The number of nitrogens with zero attached hydrogens (tertiary/aromatic N) is 7. The van der Waals surface area contributed by atoms with Crippen LogP contribution < -0.4 is 20.9 Å². The van der Waals surface area contributed by atoms with Crippen molar-refractivity contribution in [3.05, 3.63) is 89.3 Å². The molecule has 20 heteroatoms. The van der Waals surface area contributed by atoms with E-state index in [1.807, 2.05) is 0 Å². The second kappa shape index (κ2) is 18.5. The molecule has 3 heterocycles. The fraction of sp³-hybridized carbons (Fsp3) is 0.386. The molecular formula is C44H51ClN10O9. The van der Waals surface area contributed by atoms with Crippen molar-refractivity contribution in [2.75, 3.05) is 35.2 Å². The molecule has 0 spiro atoms. The lowest BCUT2D eigenvalue weighted by atomic mass is 10.0. The number of halogens is 1. The first-order chi connectivity index (χ1) is 30.0. The Morgan fingerprint density at radius 3 is 2.14 bits per heavy atom. The van der Waals surface area contributed by atoms with Crippen LogP contribution in [0.4, 0.5) is 26.7 Å². The minimum Gasteiger partial charge on any atom is -0.455 e. The van der Waals surface area contributed by atoms with E-state index >= 15 is 0 Å². The van der Waals surface area contributed by atoms with Crippen molar-refractivity contribution >= 4 is 75.4 Å². The van der Waals surface area contributed by atoms with E-state index < -0.39 is 58.6 Å². The van der Waals surface area contributed by atoms with Crippen LogP contribution in [0, 0.1) is 0 Å². The lowest BCUT2D eigenvalue weighted by Gasteiger charge is -2.38. The van der Waals surface area contributed by atoms with Crippen LogP contribution in [0.5, 0.6) is 0 Å². The number of urea groups is 1. The summed E-state index contributed by atoms with van der Waals surface area (Å²) in [5.74, 6) is -3.29. The Hall–Kier alpha value is -6.86. The Balaban J connectivity index is 1.31. The van der Waals surface area contributed by atoms with Crippen LogP contribution in [0.15, 0.2) is 73.1 Å². The van der Waals surface area contributed by atoms with Crippen LogP contribution in [-0.4, -0.2) is 113 Å². The Kier molecular flexibility index (Phi) is 13.5. The summed E-state index contributed by atoms with van der Waals surface area (Å²) in [5.41, 5.74) is -0.237. The van der Waals surface area contributed by atoms with E-state index in [4.69, 9.17) is 21.1 Å². The molecule has 0 bridgehead atoms. The zero-order valence-corrected chi connectivity index (χ0v) is 37.5. The van der Waals surface area contributed by atoms with E-state index in [0.717, 1.165) is 4.57 Å². The molecule has 64 heavy (non-hydrogen) atoms. The quantitative estimate of drug-likeness (QED) is 0.0871. The third-order valence-electron chi connectivity index (χ3n) is 9.84. The molecule has 1 aliphatic rings. The number of carbonyl (C=O) groups excluding carboxylic acids is 6. The number of esters is 1. The maximum atomic E-state index is 14.5. The minimum atomic E-state index is -1.24. The summed E-state index contributed by atoms with van der Waals surface area (Å²) < 4.78 is 13.7. The van der Waals surface area contributed by atoms with Crippen molar-refractivity contribution in [2.45, 2.75) is 91.0 Å². The number of aromatic nitrogens is 5. The third-order valence-corrected chi connectivity index (χ3v) is 10.1. The van der Waals surface area contributed by atoms with Crippen LogP contribution in [0.25, 0.3) is 16.6 Å². The fourth-order valence-electron chi connectivity index (χ4n) is 6.96. The number of nitrogens with one attached hydrogen (secondary N) is 3. The molecule has 1 fully saturated rings. The average Bonchev–Trinajstić information content (AvgIpc) is 3.86. The molecule has 5 amide bonds. The van der Waals surface area contributed by atoms with Crippen molar-refractivity contribution in [1.82, 2.24) is 35.0 Å². The van der Waals surface area contributed by atoms with Gasteiger partial charge in [0.05, 0.1) is 16.9 Å². The van der Waals surface area contributed by atoms with Gasteiger partial charge in [0.1, 0.15) is 29.3 Å². The predicted molar refractivity (Wildman–Crippen MR) is 237 cm³/mol. The van der Waals surface area contributed by atoms with Gasteiger partial charge in [-0.05, 0) is 132 Å². The Morgan fingerprint density at radius 2 is 1.50 bits per heavy atom. The Labute approximate surface area is 374 Å². The van der Waals surface area contributed by atoms with E-state index in [2.05, 4.69) is 31.5 Å². The van der Waals surface area contributed by atoms with Gasteiger partial charge in [-0.3, -0.25) is 14.4 Å². The number of fused-ring (bicyclic) bond motifs is 1. The van der Waals surface area contributed by atoms with Gasteiger partial charge in [-0.1, -0.05) is 23.7 Å². The molecule has 3 aromatic carbocycles. The van der Waals surface area contributed by atoms with Crippen LogP contribution in [0.1, 0.15) is 77.9 Å². The monoisotopic (exact) mass is 898 g/mol. The summed E-state index contributed by atoms with van der Waals surface area (Å²) in [5, 5.41) is 29.7. The molecule has 0 aliphatic carbocycles. The minimum absolute atomic E-state index is 0.0218. The number of aliphatic hydroxyl groups is 1. The Morgan fingerprint density at radius 1 is 0.812 bits per heavy atom. The van der Waals surface area contributed by atoms with Crippen LogP contribution in [-0.2, 0) is 30.3 Å². The van der Waals surface area contributed by atoms with Gasteiger partial charge in [0.2, 0.25) is 5.91 Å². The number of anilines is 3. The highest BCUT2D eigenvalue weighted by molar-refractivity contribution is 6.41. The number of ether oxygens (including phenoxy) is 2. The molecule has 338 valence electrons. The molecule has 2 aromatic heterocycles. The topological polar surface area (TPSA) is 232 Å². The van der Waals surface area contributed by atoms with E-state index in [-0.39, 0.29) is 43.2 Å². The highest BCUT2D eigenvalue weighted by Gasteiger charge is 2.41. The predicted octanol–water partition coefficient (Wildman–Crippen LogP) is 5.72. The number of aliphatic hydroxyl groups excluding tert-OH is 1. The first-order valence-electron chi connectivity index (χ1n) is 20.4. The molecule has 4 N–H and O–H groups in total. The maximum absolute atomic E-state index is 14.5. The molecule has 6 rings (SSSR count). The van der Waals surface area contributed by atoms with Crippen LogP contribution in [0.3, 0.4) is 0 Å². The highest BCUT2D eigenvalue weighted by atomic mass is 35.5. The normalized spacial score (nSPS) is 14.0. The van der Waals surface area contributed by atoms with E-state index in [1.54, 1.807) is 104 Å². The molecule has 5 aromatic rings. The number of amides is 5. The summed E-state index contributed by atoms with van der Waals surface area (Å²) in [6.07, 6.45) is 0.826. The zero-order valence-electron chi connectivity index (χ0n) is 36.8. The number of tetrazole rings is 1. The van der Waals surface area contributed by atoms with Gasteiger partial charge in [0, 0.05) is 53.4 Å². The number of carbonyl (C=O) groups is 6. The van der Waals surface area contributed by atoms with Gasteiger partial charge < -0.3 is 40.3 Å². The number of rotatable bonds is 12. The van der Waals surface area contributed by atoms with Crippen LogP contribution in [0.2, 0.25) is 5.02 Å². The first-order valence-corrected chi connectivity index (χ1v) is 20.8. The maximum Gasteiger partial charge on any atom is 0.419 e. The Bertz CT molecular complexity index is 2580. The molecule has 1 aliphatic heterocycles. The van der Waals surface area contributed by atoms with Crippen molar-refractivity contribution in [3.63, 3.8) is 0 Å². The largest absolute Gasteiger partial charge is 0.455 e. The summed E-state index contributed by atoms with van der Waals surface area (Å²) in [6, 6.07) is 15.8. The summed E-state index contributed by atoms with van der Waals surface area (Å²) in [4.78, 5) is 84.8. The van der Waals surface area contributed by atoms with E-state index in [0.29, 0.717) is 39.3 Å². The van der Waals surface area contributed by atoms with Gasteiger partial charge in [0.25, 0.3) is 0 Å². The molecule has 1 saturated heterocycles. The number of benzene rings is 3. The zero-order chi connectivity index (χ0) is 46.7. The van der Waals surface area contributed by atoms with Gasteiger partial charge in [-0.25, -0.2) is 19.0 Å².